The number of halogens is 1. The van der Waals surface area contributed by atoms with Crippen molar-refractivity contribution in [2.45, 2.75) is 33.4 Å². The first kappa shape index (κ1) is 20.7. The molecule has 1 heterocycles. The van der Waals surface area contributed by atoms with E-state index in [2.05, 4.69) is 15.5 Å². The number of benzene rings is 2. The van der Waals surface area contributed by atoms with Crippen molar-refractivity contribution in [1.29, 1.82) is 0 Å². The van der Waals surface area contributed by atoms with E-state index in [-0.39, 0.29) is 12.5 Å². The van der Waals surface area contributed by atoms with Crippen LogP contribution in [0.25, 0.3) is 11.4 Å². The molecule has 0 aliphatic carbocycles. The molecule has 8 heteroatoms. The van der Waals surface area contributed by atoms with E-state index in [9.17, 15) is 4.79 Å². The summed E-state index contributed by atoms with van der Waals surface area (Å²) in [6.45, 7) is 5.55. The highest BCUT2D eigenvalue weighted by Crippen LogP contribution is 2.26. The van der Waals surface area contributed by atoms with Gasteiger partial charge in [0.25, 0.3) is 5.91 Å². The van der Waals surface area contributed by atoms with E-state index in [0.717, 1.165) is 16.7 Å². The number of carbonyl (C=O) groups excluding carboxylic acids is 1. The number of aromatic nitrogens is 2. The minimum atomic E-state index is -0.698. The lowest BCUT2D eigenvalue weighted by molar-refractivity contribution is -0.127. The molecular weight excluding hydrogens is 394 g/mol. The van der Waals surface area contributed by atoms with Crippen LogP contribution in [0.4, 0.5) is 0 Å². The topological polar surface area (TPSA) is 86.5 Å². The van der Waals surface area contributed by atoms with E-state index >= 15 is 0 Å². The Morgan fingerprint density at radius 1 is 1.21 bits per heavy atom. The van der Waals surface area contributed by atoms with Gasteiger partial charge in [0.05, 0.1) is 13.7 Å². The number of aryl methyl sites for hydroxylation is 2. The predicted octanol–water partition coefficient (Wildman–Crippen LogP) is 4.10. The maximum atomic E-state index is 12.3. The first-order valence-electron chi connectivity index (χ1n) is 9.05. The number of amides is 1. The van der Waals surface area contributed by atoms with E-state index in [1.54, 1.807) is 32.2 Å². The summed E-state index contributed by atoms with van der Waals surface area (Å²) < 4.78 is 16.1. The van der Waals surface area contributed by atoms with Gasteiger partial charge in [-0.05, 0) is 56.2 Å². The highest BCUT2D eigenvalue weighted by molar-refractivity contribution is 6.32. The SMILES string of the molecule is COc1cccc(-c2noc(CNC(=O)C(C)Oc3cc(C)c(Cl)c(C)c3)n2)c1. The predicted molar refractivity (Wildman–Crippen MR) is 109 cm³/mol. The van der Waals surface area contributed by atoms with Gasteiger partial charge in [-0.25, -0.2) is 0 Å². The monoisotopic (exact) mass is 415 g/mol. The first-order chi connectivity index (χ1) is 13.9. The Hall–Kier alpha value is -3.06. The van der Waals surface area contributed by atoms with Crippen LogP contribution in [-0.2, 0) is 11.3 Å². The second kappa shape index (κ2) is 8.96. The maximum absolute atomic E-state index is 12.3. The molecule has 0 fully saturated rings. The van der Waals surface area contributed by atoms with Crippen molar-refractivity contribution < 1.29 is 18.8 Å². The zero-order valence-electron chi connectivity index (χ0n) is 16.7. The van der Waals surface area contributed by atoms with Gasteiger partial charge in [0.15, 0.2) is 6.10 Å². The highest BCUT2D eigenvalue weighted by Gasteiger charge is 2.17. The number of nitrogens with one attached hydrogen (secondary N) is 1. The van der Waals surface area contributed by atoms with Gasteiger partial charge in [0.1, 0.15) is 11.5 Å². The van der Waals surface area contributed by atoms with Crippen LogP contribution < -0.4 is 14.8 Å². The molecular formula is C21H22ClN3O4. The minimum absolute atomic E-state index is 0.0994. The van der Waals surface area contributed by atoms with Crippen molar-refractivity contribution in [3.63, 3.8) is 0 Å². The average Bonchev–Trinajstić information content (AvgIpc) is 3.19. The highest BCUT2D eigenvalue weighted by atomic mass is 35.5. The second-order valence-corrected chi connectivity index (χ2v) is 6.97. The fourth-order valence-electron chi connectivity index (χ4n) is 2.74. The Bertz CT molecular complexity index is 996. The normalized spacial score (nSPS) is 11.8. The summed E-state index contributed by atoms with van der Waals surface area (Å²) in [7, 11) is 1.59. The molecule has 7 nitrogen and oxygen atoms in total. The second-order valence-electron chi connectivity index (χ2n) is 6.59. The molecule has 1 amide bonds. The molecule has 3 aromatic rings. The summed E-state index contributed by atoms with van der Waals surface area (Å²) in [5, 5.41) is 7.37. The molecule has 29 heavy (non-hydrogen) atoms. The fourth-order valence-corrected chi connectivity index (χ4v) is 2.85. The number of ether oxygens (including phenoxy) is 2. The van der Waals surface area contributed by atoms with Crippen molar-refractivity contribution in [2.75, 3.05) is 7.11 Å². The molecule has 0 saturated heterocycles. The minimum Gasteiger partial charge on any atom is -0.497 e. The summed E-state index contributed by atoms with van der Waals surface area (Å²) in [5.74, 6) is 1.70. The lowest BCUT2D eigenvalue weighted by Crippen LogP contribution is -2.36. The van der Waals surface area contributed by atoms with Gasteiger partial charge in [-0.15, -0.1) is 0 Å². The standard InChI is InChI=1S/C21H22ClN3O4/c1-12-8-17(9-13(2)19(12)22)28-14(3)21(26)23-11-18-24-20(25-29-18)15-6-5-7-16(10-15)27-4/h5-10,14H,11H2,1-4H3,(H,23,26). The molecule has 1 unspecified atom stereocenters. The van der Waals surface area contributed by atoms with Crippen LogP contribution in [0.1, 0.15) is 23.9 Å². The fraction of sp³-hybridized carbons (Fsp3) is 0.286. The van der Waals surface area contributed by atoms with Crippen LogP contribution in [-0.4, -0.2) is 29.3 Å². The van der Waals surface area contributed by atoms with E-state index in [4.69, 9.17) is 25.6 Å². The Labute approximate surface area is 174 Å². The molecule has 0 spiro atoms. The number of methoxy groups -OCH3 is 1. The van der Waals surface area contributed by atoms with Crippen LogP contribution in [0.2, 0.25) is 5.02 Å². The quantitative estimate of drug-likeness (QED) is 0.625. The molecule has 3 rings (SSSR count). The molecule has 0 aliphatic rings. The van der Waals surface area contributed by atoms with Crippen molar-refractivity contribution in [1.82, 2.24) is 15.5 Å². The number of hydrogen-bond acceptors (Lipinski definition) is 6. The summed E-state index contributed by atoms with van der Waals surface area (Å²) in [5.41, 5.74) is 2.55. The molecule has 2 aromatic carbocycles. The molecule has 1 aromatic heterocycles. The van der Waals surface area contributed by atoms with Gasteiger partial charge >= 0.3 is 0 Å². The van der Waals surface area contributed by atoms with Crippen molar-refractivity contribution in [3.05, 3.63) is 58.4 Å². The largest absolute Gasteiger partial charge is 0.497 e. The molecule has 152 valence electrons. The third kappa shape index (κ3) is 5.06. The summed E-state index contributed by atoms with van der Waals surface area (Å²) in [6, 6.07) is 10.9. The Morgan fingerprint density at radius 3 is 2.62 bits per heavy atom. The Kier molecular flexibility index (Phi) is 6.39. The summed E-state index contributed by atoms with van der Waals surface area (Å²) in [6.07, 6.45) is -0.698. The molecule has 0 saturated carbocycles. The van der Waals surface area contributed by atoms with Crippen molar-refractivity contribution in [2.24, 2.45) is 0 Å². The molecule has 1 N–H and O–H groups in total. The van der Waals surface area contributed by atoms with Gasteiger partial charge in [0, 0.05) is 10.6 Å². The smallest absolute Gasteiger partial charge is 0.261 e. The van der Waals surface area contributed by atoms with E-state index < -0.39 is 6.10 Å². The number of carbonyl (C=O) groups is 1. The van der Waals surface area contributed by atoms with Crippen LogP contribution in [0.3, 0.4) is 0 Å². The van der Waals surface area contributed by atoms with Crippen LogP contribution in [0.5, 0.6) is 11.5 Å². The molecule has 0 bridgehead atoms. The average molecular weight is 416 g/mol. The Balaban J connectivity index is 1.58. The van der Waals surface area contributed by atoms with E-state index in [0.29, 0.717) is 28.2 Å². The third-order valence-electron chi connectivity index (χ3n) is 4.30. The zero-order chi connectivity index (χ0) is 21.0. The zero-order valence-corrected chi connectivity index (χ0v) is 17.4. The molecule has 0 radical (unpaired) electrons. The number of nitrogens with zero attached hydrogens (tertiary/aromatic N) is 2. The first-order valence-corrected chi connectivity index (χ1v) is 9.43. The van der Waals surface area contributed by atoms with Crippen molar-refractivity contribution >= 4 is 17.5 Å². The van der Waals surface area contributed by atoms with Crippen molar-refractivity contribution in [3.8, 4) is 22.9 Å². The number of rotatable bonds is 7. The molecule has 1 atom stereocenters. The molecule has 0 aliphatic heterocycles. The van der Waals surface area contributed by atoms with Gasteiger partial charge in [-0.1, -0.05) is 28.9 Å². The van der Waals surface area contributed by atoms with Crippen LogP contribution >= 0.6 is 11.6 Å². The maximum Gasteiger partial charge on any atom is 0.261 e. The van der Waals surface area contributed by atoms with Gasteiger partial charge in [-0.3, -0.25) is 4.79 Å². The van der Waals surface area contributed by atoms with Gasteiger partial charge in [-0.2, -0.15) is 4.98 Å². The lowest BCUT2D eigenvalue weighted by Gasteiger charge is -2.15. The lowest BCUT2D eigenvalue weighted by atomic mass is 10.1. The summed E-state index contributed by atoms with van der Waals surface area (Å²) in [4.78, 5) is 16.6. The van der Waals surface area contributed by atoms with Crippen LogP contribution in [0.15, 0.2) is 40.9 Å². The number of hydrogen-bond donors (Lipinski definition) is 1. The Morgan fingerprint density at radius 2 is 1.93 bits per heavy atom. The van der Waals surface area contributed by atoms with Gasteiger partial charge in [0.2, 0.25) is 11.7 Å². The van der Waals surface area contributed by atoms with Crippen LogP contribution in [0, 0.1) is 13.8 Å². The third-order valence-corrected chi connectivity index (χ3v) is 4.90. The van der Waals surface area contributed by atoms with E-state index in [1.807, 2.05) is 32.0 Å². The van der Waals surface area contributed by atoms with Gasteiger partial charge < -0.3 is 19.3 Å². The van der Waals surface area contributed by atoms with E-state index in [1.165, 1.54) is 0 Å². The summed E-state index contributed by atoms with van der Waals surface area (Å²) >= 11 is 6.16.